The van der Waals surface area contributed by atoms with Crippen molar-refractivity contribution >= 4 is 45.2 Å². The Bertz CT molecular complexity index is 2030. The maximum atomic E-state index is 17.2. The number of rotatable bonds is 8. The van der Waals surface area contributed by atoms with Gasteiger partial charge in [-0.15, -0.1) is 0 Å². The highest BCUT2D eigenvalue weighted by molar-refractivity contribution is 6.35. The van der Waals surface area contributed by atoms with Gasteiger partial charge in [-0.2, -0.15) is 9.97 Å². The normalized spacial score (nSPS) is 20.8. The van der Waals surface area contributed by atoms with Crippen molar-refractivity contribution in [2.75, 3.05) is 38.2 Å². The Labute approximate surface area is 288 Å². The molecular weight excluding hydrogens is 645 g/mol. The number of fused-ring (bicyclic) bond motifs is 4. The lowest BCUT2D eigenvalue weighted by atomic mass is 9.96. The molecule has 3 atom stereocenters. The lowest BCUT2D eigenvalue weighted by molar-refractivity contribution is 0.114. The average Bonchev–Trinajstić information content (AvgIpc) is 3.65. The molecule has 9 nitrogen and oxygen atoms in total. The number of halogens is 2. The van der Waals surface area contributed by atoms with Crippen LogP contribution in [0.3, 0.4) is 0 Å². The van der Waals surface area contributed by atoms with Crippen molar-refractivity contribution < 1.29 is 23.8 Å². The van der Waals surface area contributed by atoms with Gasteiger partial charge in [-0.3, -0.25) is 4.90 Å². The highest BCUT2D eigenvalue weighted by atomic mass is 35.5. The molecule has 1 unspecified atom stereocenters. The summed E-state index contributed by atoms with van der Waals surface area (Å²) in [6, 6.07) is 23.1. The second-order valence-electron chi connectivity index (χ2n) is 13.3. The maximum Gasteiger partial charge on any atom is 0.407 e. The van der Waals surface area contributed by atoms with Gasteiger partial charge in [0.1, 0.15) is 30.3 Å². The first kappa shape index (κ1) is 31.6. The van der Waals surface area contributed by atoms with E-state index < -0.39 is 11.9 Å². The van der Waals surface area contributed by atoms with E-state index in [-0.39, 0.29) is 40.2 Å². The van der Waals surface area contributed by atoms with E-state index in [4.69, 9.17) is 26.1 Å². The molecule has 4 aromatic carbocycles. The van der Waals surface area contributed by atoms with Gasteiger partial charge in [0.2, 0.25) is 0 Å². The zero-order chi connectivity index (χ0) is 33.6. The fraction of sp³-hybridized carbons (Fsp3) is 0.342. The summed E-state index contributed by atoms with van der Waals surface area (Å²) >= 11 is 7.04. The number of amides is 1. The number of piperazine rings is 1. The number of likely N-dealkylation sites (N-methyl/N-ethyl adjacent to an activating group) is 1. The van der Waals surface area contributed by atoms with Crippen molar-refractivity contribution in [2.45, 2.75) is 50.4 Å². The lowest BCUT2D eigenvalue weighted by Crippen LogP contribution is -2.55. The van der Waals surface area contributed by atoms with Gasteiger partial charge in [0.15, 0.2) is 5.82 Å². The fourth-order valence-electron chi connectivity index (χ4n) is 7.78. The average molecular weight is 682 g/mol. The molecule has 0 saturated carbocycles. The van der Waals surface area contributed by atoms with Gasteiger partial charge in [0, 0.05) is 30.1 Å². The number of ether oxygens (including phenoxy) is 2. The topological polar surface area (TPSA) is 91.3 Å². The van der Waals surface area contributed by atoms with Crippen LogP contribution in [0.25, 0.3) is 32.8 Å². The number of benzene rings is 4. The van der Waals surface area contributed by atoms with E-state index in [1.54, 1.807) is 11.0 Å². The SMILES string of the molecule is CN1CCCC1COc1nc(N2C[C@H]3CC[C@@H](C2)N3C(=O)O)c2cc(Cl)c(-c3cc(OCc4ccccc4)cc4ccccc34)c(F)c2n1. The van der Waals surface area contributed by atoms with Crippen LogP contribution in [0.2, 0.25) is 5.02 Å². The molecule has 0 aliphatic carbocycles. The van der Waals surface area contributed by atoms with Crippen LogP contribution >= 0.6 is 11.6 Å². The molecule has 1 aromatic heterocycles. The second-order valence-corrected chi connectivity index (χ2v) is 13.7. The van der Waals surface area contributed by atoms with Crippen molar-refractivity contribution in [2.24, 2.45) is 0 Å². The van der Waals surface area contributed by atoms with Gasteiger partial charge in [-0.25, -0.2) is 9.18 Å². The number of nitrogens with zero attached hydrogens (tertiary/aromatic N) is 5. The van der Waals surface area contributed by atoms with Gasteiger partial charge in [-0.1, -0.05) is 66.2 Å². The maximum absolute atomic E-state index is 17.2. The van der Waals surface area contributed by atoms with Gasteiger partial charge in [0.05, 0.1) is 17.1 Å². The minimum atomic E-state index is -0.912. The first-order valence-electron chi connectivity index (χ1n) is 16.8. The Hall–Kier alpha value is -4.67. The van der Waals surface area contributed by atoms with E-state index >= 15 is 4.39 Å². The molecule has 1 amide bonds. The minimum absolute atomic E-state index is 0.0905. The molecule has 0 radical (unpaired) electrons. The van der Waals surface area contributed by atoms with Crippen LogP contribution in [0, 0.1) is 5.82 Å². The van der Waals surface area contributed by atoms with Crippen LogP contribution in [-0.4, -0.2) is 82.4 Å². The second kappa shape index (κ2) is 13.0. The number of aromatic nitrogens is 2. The zero-order valence-electron chi connectivity index (χ0n) is 27.2. The smallest absolute Gasteiger partial charge is 0.407 e. The highest BCUT2D eigenvalue weighted by Gasteiger charge is 2.43. The molecule has 3 fully saturated rings. The van der Waals surface area contributed by atoms with Crippen molar-refractivity contribution in [1.82, 2.24) is 19.8 Å². The fourth-order valence-corrected chi connectivity index (χ4v) is 8.07. The van der Waals surface area contributed by atoms with Gasteiger partial charge in [0.25, 0.3) is 0 Å². The van der Waals surface area contributed by atoms with Crippen molar-refractivity contribution in [3.63, 3.8) is 0 Å². The standard InChI is InChI=1S/C38H37ClFN5O4/c1-43-15-7-11-27(43)22-49-37-41-35-31(36(42-37)44-19-25-13-14-26(20-44)45(25)38(46)47)18-32(39)33(34(35)40)30-17-28(16-24-10-5-6-12-29(24)30)48-21-23-8-3-2-4-9-23/h2-6,8-10,12,16-18,25-27H,7,11,13-15,19-22H2,1H3,(H,46,47)/t25-,26+,27?. The van der Waals surface area contributed by atoms with Crippen molar-refractivity contribution in [3.8, 4) is 22.9 Å². The summed E-state index contributed by atoms with van der Waals surface area (Å²) in [5, 5.41) is 12.3. The molecule has 3 saturated heterocycles. The summed E-state index contributed by atoms with van der Waals surface area (Å²) in [5.41, 5.74) is 1.93. The molecule has 0 spiro atoms. The Morgan fingerprint density at radius 1 is 0.959 bits per heavy atom. The third-order valence-corrected chi connectivity index (χ3v) is 10.6. The number of carboxylic acid groups (broad SMARTS) is 1. The van der Waals surface area contributed by atoms with Gasteiger partial charge >= 0.3 is 12.1 Å². The molecule has 252 valence electrons. The monoisotopic (exact) mass is 681 g/mol. The number of hydrogen-bond acceptors (Lipinski definition) is 7. The van der Waals surface area contributed by atoms with Crippen LogP contribution in [0.15, 0.2) is 72.8 Å². The first-order chi connectivity index (χ1) is 23.8. The third kappa shape index (κ3) is 5.97. The van der Waals surface area contributed by atoms with E-state index in [2.05, 4.69) is 16.9 Å². The molecule has 5 aromatic rings. The highest BCUT2D eigenvalue weighted by Crippen LogP contribution is 2.43. The molecule has 1 N–H and O–H groups in total. The first-order valence-corrected chi connectivity index (χ1v) is 17.2. The predicted molar refractivity (Wildman–Crippen MR) is 188 cm³/mol. The molecule has 11 heteroatoms. The van der Waals surface area contributed by atoms with E-state index in [9.17, 15) is 9.90 Å². The zero-order valence-corrected chi connectivity index (χ0v) is 27.9. The summed E-state index contributed by atoms with van der Waals surface area (Å²) < 4.78 is 29.6. The summed E-state index contributed by atoms with van der Waals surface area (Å²) in [6.07, 6.45) is 2.71. The van der Waals surface area contributed by atoms with Crippen LogP contribution < -0.4 is 14.4 Å². The molecule has 8 rings (SSSR count). The quantitative estimate of drug-likeness (QED) is 0.179. The number of anilines is 1. The lowest BCUT2D eigenvalue weighted by Gasteiger charge is -2.40. The molecule has 4 heterocycles. The van der Waals surface area contributed by atoms with E-state index in [0.717, 1.165) is 48.6 Å². The molecular formula is C38H37ClFN5O4. The van der Waals surface area contributed by atoms with E-state index in [0.29, 0.717) is 48.8 Å². The summed E-state index contributed by atoms with van der Waals surface area (Å²) in [7, 11) is 2.07. The van der Waals surface area contributed by atoms with Crippen LogP contribution in [0.5, 0.6) is 11.8 Å². The Morgan fingerprint density at radius 3 is 2.45 bits per heavy atom. The summed E-state index contributed by atoms with van der Waals surface area (Å²) in [5.74, 6) is 0.512. The van der Waals surface area contributed by atoms with Crippen LogP contribution in [-0.2, 0) is 6.61 Å². The number of hydrogen-bond donors (Lipinski definition) is 1. The Morgan fingerprint density at radius 2 is 1.71 bits per heavy atom. The third-order valence-electron chi connectivity index (χ3n) is 10.3. The van der Waals surface area contributed by atoms with Crippen molar-refractivity contribution in [1.29, 1.82) is 0 Å². The summed E-state index contributed by atoms with van der Waals surface area (Å²) in [6.45, 7) is 2.61. The Balaban J connectivity index is 1.24. The minimum Gasteiger partial charge on any atom is -0.489 e. The Kier molecular flexibility index (Phi) is 8.37. The predicted octanol–water partition coefficient (Wildman–Crippen LogP) is 7.63. The van der Waals surface area contributed by atoms with Gasteiger partial charge in [-0.05, 0) is 79.4 Å². The van der Waals surface area contributed by atoms with E-state index in [1.165, 1.54) is 0 Å². The molecule has 3 aliphatic rings. The van der Waals surface area contributed by atoms with Crippen molar-refractivity contribution in [3.05, 3.63) is 89.2 Å². The van der Waals surface area contributed by atoms with E-state index in [1.807, 2.05) is 71.6 Å². The molecule has 2 bridgehead atoms. The molecule has 3 aliphatic heterocycles. The number of carbonyl (C=O) groups is 1. The number of likely N-dealkylation sites (tertiary alicyclic amines) is 1. The molecule has 49 heavy (non-hydrogen) atoms. The summed E-state index contributed by atoms with van der Waals surface area (Å²) in [4.78, 5) is 27.4. The van der Waals surface area contributed by atoms with Crippen LogP contribution in [0.1, 0.15) is 31.2 Å². The van der Waals surface area contributed by atoms with Gasteiger partial charge < -0.3 is 24.4 Å². The largest absolute Gasteiger partial charge is 0.489 e. The van der Waals surface area contributed by atoms with Crippen LogP contribution in [0.4, 0.5) is 15.0 Å².